The summed E-state index contributed by atoms with van der Waals surface area (Å²) < 4.78 is 25.4. The number of halogens is 6. The number of hydrogen-bond acceptors (Lipinski definition) is 16. The molecular formula is C70H93Cl6N9O15. The van der Waals surface area contributed by atoms with Crippen LogP contribution in [-0.4, -0.2) is 138 Å². The van der Waals surface area contributed by atoms with Crippen LogP contribution in [0.5, 0.6) is 28.7 Å². The van der Waals surface area contributed by atoms with Crippen molar-refractivity contribution in [3.8, 4) is 28.7 Å². The molecule has 8 aromatic rings. The molecule has 550 valence electrons. The molecule has 0 aliphatic carbocycles. The fourth-order valence-electron chi connectivity index (χ4n) is 9.20. The Morgan fingerprint density at radius 1 is 0.530 bits per heavy atom. The van der Waals surface area contributed by atoms with Crippen molar-refractivity contribution in [3.63, 3.8) is 0 Å². The number of aromatic amines is 3. The largest absolute Gasteiger partial charge is 0.495 e. The van der Waals surface area contributed by atoms with E-state index in [-0.39, 0.29) is 56.2 Å². The van der Waals surface area contributed by atoms with Crippen molar-refractivity contribution in [1.82, 2.24) is 25.6 Å². The number of fused-ring (bicyclic) bond motifs is 3. The third-order valence-electron chi connectivity index (χ3n) is 14.1. The van der Waals surface area contributed by atoms with Gasteiger partial charge in [-0.15, -0.1) is 12.4 Å². The number of anilines is 2. The number of aliphatic carboxylic acids is 4. The average molecular weight is 1510 g/mol. The van der Waals surface area contributed by atoms with E-state index in [2.05, 4.69) is 63.8 Å². The second-order valence-electron chi connectivity index (χ2n) is 21.6. The number of H-pyrrole nitrogens is 3. The van der Waals surface area contributed by atoms with Crippen LogP contribution in [0.1, 0.15) is 114 Å². The van der Waals surface area contributed by atoms with E-state index in [0.29, 0.717) is 71.5 Å². The molecule has 0 atom stereocenters. The van der Waals surface area contributed by atoms with E-state index in [1.54, 1.807) is 80.9 Å². The van der Waals surface area contributed by atoms with Gasteiger partial charge in [-0.1, -0.05) is 85.7 Å². The molecule has 0 spiro atoms. The number of rotatable bonds is 22. The van der Waals surface area contributed by atoms with Gasteiger partial charge in [-0.25, -0.2) is 5.01 Å². The molecule has 9 rings (SSSR count). The zero-order valence-electron chi connectivity index (χ0n) is 58.7. The zero-order valence-corrected chi connectivity index (χ0v) is 63.3. The number of carboxylic acid groups (broad SMARTS) is 4. The van der Waals surface area contributed by atoms with Crippen molar-refractivity contribution in [2.75, 3.05) is 72.2 Å². The number of amides is 1. The van der Waals surface area contributed by atoms with Crippen molar-refractivity contribution in [3.05, 3.63) is 132 Å². The first-order valence-corrected chi connectivity index (χ1v) is 33.1. The molecule has 0 unspecified atom stereocenters. The molecule has 30 heteroatoms. The van der Waals surface area contributed by atoms with Crippen molar-refractivity contribution >= 4 is 156 Å². The predicted molar refractivity (Wildman–Crippen MR) is 404 cm³/mol. The maximum Gasteiger partial charge on any atom is 0.307 e. The Kier molecular flexibility index (Phi) is 42.3. The molecule has 4 heterocycles. The number of nitrogens with two attached hydrogens (primary N) is 1. The maximum absolute atomic E-state index is 11.8. The first kappa shape index (κ1) is 89.8. The van der Waals surface area contributed by atoms with Crippen molar-refractivity contribution in [2.24, 2.45) is 10.9 Å². The molecule has 3 aromatic heterocycles. The van der Waals surface area contributed by atoms with Gasteiger partial charge >= 0.3 is 23.9 Å². The number of carboxylic acids is 4. The van der Waals surface area contributed by atoms with Crippen LogP contribution >= 0.6 is 70.4 Å². The quantitative estimate of drug-likeness (QED) is 0.0171. The molecule has 24 nitrogen and oxygen atoms in total. The van der Waals surface area contributed by atoms with Crippen LogP contribution in [0.25, 0.3) is 32.7 Å². The first-order valence-electron chi connectivity index (χ1n) is 31.3. The number of aromatic nitrogens is 3. The van der Waals surface area contributed by atoms with Crippen molar-refractivity contribution < 1.29 is 72.9 Å². The number of nitrogens with one attached hydrogen (secondary N) is 6. The number of aryl methyl sites for hydroxylation is 3. The number of nitrogen functional groups attached to an aromatic ring is 1. The number of carbonyl (C=O) groups excluding carboxylic acids is 2. The zero-order chi connectivity index (χ0) is 74.6. The lowest BCUT2D eigenvalue weighted by Gasteiger charge is -2.22. The molecular weight excluding hydrogens is 1420 g/mol. The lowest BCUT2D eigenvalue weighted by Crippen LogP contribution is -2.30. The first-order chi connectivity index (χ1) is 46.9. The summed E-state index contributed by atoms with van der Waals surface area (Å²) in [6, 6.07) is 21.0. The van der Waals surface area contributed by atoms with Gasteiger partial charge in [0.25, 0.3) is 0 Å². The number of nitrogens with zero attached hydrogens (tertiary/aromatic N) is 2. The van der Waals surface area contributed by atoms with Crippen LogP contribution in [0.2, 0.25) is 25.1 Å². The summed E-state index contributed by atoms with van der Waals surface area (Å²) in [6.07, 6.45) is 3.70. The minimum atomic E-state index is -0.916. The highest BCUT2D eigenvalue weighted by Crippen LogP contribution is 2.38. The van der Waals surface area contributed by atoms with Gasteiger partial charge in [0.05, 0.1) is 97.7 Å². The Balaban J connectivity index is 0.000000587. The molecule has 1 amide bonds. The summed E-state index contributed by atoms with van der Waals surface area (Å²) in [4.78, 5) is 73.4. The Hall–Kier alpha value is -8.17. The Bertz CT molecular complexity index is 3850. The molecule has 100 heavy (non-hydrogen) atoms. The molecule has 1 aliphatic heterocycles. The van der Waals surface area contributed by atoms with Gasteiger partial charge in [0.1, 0.15) is 34.5 Å². The number of hydrazone groups is 1. The average Bonchev–Trinajstić information content (AvgIpc) is 1.64. The van der Waals surface area contributed by atoms with Gasteiger partial charge in [0, 0.05) is 68.3 Å². The molecule has 0 saturated heterocycles. The van der Waals surface area contributed by atoms with Crippen molar-refractivity contribution in [2.45, 2.75) is 120 Å². The van der Waals surface area contributed by atoms with Gasteiger partial charge in [-0.3, -0.25) is 29.8 Å². The fourth-order valence-corrected chi connectivity index (χ4v) is 10.5. The minimum absolute atomic E-state index is 0. The highest BCUT2D eigenvalue weighted by Gasteiger charge is 2.22. The van der Waals surface area contributed by atoms with E-state index >= 15 is 0 Å². The van der Waals surface area contributed by atoms with Crippen LogP contribution in [0.15, 0.2) is 77.9 Å². The highest BCUT2D eigenvalue weighted by molar-refractivity contribution is 6.37. The summed E-state index contributed by atoms with van der Waals surface area (Å²) in [5.74, 6) is 4.42. The van der Waals surface area contributed by atoms with Crippen LogP contribution in [0.3, 0.4) is 0 Å². The molecule has 1 aliphatic rings. The van der Waals surface area contributed by atoms with Gasteiger partial charge in [-0.05, 0) is 170 Å². The predicted octanol–water partition coefficient (Wildman–Crippen LogP) is 15.7. The monoisotopic (exact) mass is 1510 g/mol. The van der Waals surface area contributed by atoms with Crippen LogP contribution in [0, 0.1) is 20.8 Å². The molecule has 0 fully saturated rings. The second kappa shape index (κ2) is 47.0. The number of ether oxygens (including phenoxy) is 5. The minimum Gasteiger partial charge on any atom is -0.495 e. The van der Waals surface area contributed by atoms with Gasteiger partial charge in [-0.2, -0.15) is 5.10 Å². The topological polar surface area (TPSA) is 355 Å². The Labute approximate surface area is 614 Å². The summed E-state index contributed by atoms with van der Waals surface area (Å²) in [7, 11) is 7.71. The van der Waals surface area contributed by atoms with E-state index in [4.69, 9.17) is 108 Å². The standard InChI is InChI=1S/C12H13ClN2O2.3C12H12ClNO3.C7H9ClN2O.2C5H13N.C5H8O3.ClH/c1-8-3-6-12(16)15(14-8)9-4-5-11(17-2)10(13)7-9;2*1-6-7(4-12(15)16)8-3-11(17-2)9(13)5-10(8)14-6;1-6-7(5-10(15)16)11-8(14-6)3-4-9(17-2)12(11)13;1-11-7-3-2-5(10-9)4-6(7)8;2*1-3-5-6-4-2;1-4(6)2-3-5(7)8;/h4-5,7H,3,6H2,1-2H3;2*3,5,14H,4H2,1-2H3,(H,15,16);3-4,14H,5H2,1-2H3,(H,15,16);2-4,10H,9H2,1H3;2*6H,3-5H2,1-2H3;2-3H2,1H3,(H,7,8);1H. The number of hydrazine groups is 1. The highest BCUT2D eigenvalue weighted by atomic mass is 35.5. The van der Waals surface area contributed by atoms with Gasteiger partial charge in [0.2, 0.25) is 5.91 Å². The third-order valence-corrected chi connectivity index (χ3v) is 15.7. The summed E-state index contributed by atoms with van der Waals surface area (Å²) in [5.41, 5.74) is 12.1. The van der Waals surface area contributed by atoms with Crippen molar-refractivity contribution in [1.29, 1.82) is 0 Å². The number of benzene rings is 5. The lowest BCUT2D eigenvalue weighted by atomic mass is 10.1. The normalized spacial score (nSPS) is 11.0. The van der Waals surface area contributed by atoms with E-state index in [0.717, 1.165) is 105 Å². The van der Waals surface area contributed by atoms with E-state index in [9.17, 15) is 28.8 Å². The number of carbonyl (C=O) groups is 6. The molecule has 0 radical (unpaired) electrons. The Morgan fingerprint density at radius 2 is 0.940 bits per heavy atom. The molecule has 0 saturated carbocycles. The second-order valence-corrected chi connectivity index (χ2v) is 23.6. The summed E-state index contributed by atoms with van der Waals surface area (Å²) in [5, 5.41) is 51.6. The third kappa shape index (κ3) is 29.6. The van der Waals surface area contributed by atoms with Crippen LogP contribution in [0.4, 0.5) is 11.4 Å². The van der Waals surface area contributed by atoms with Crippen LogP contribution in [-0.2, 0) is 48.0 Å². The maximum atomic E-state index is 11.8. The molecule has 5 aromatic carbocycles. The van der Waals surface area contributed by atoms with E-state index in [1.165, 1.54) is 46.1 Å². The lowest BCUT2D eigenvalue weighted by molar-refractivity contribution is -0.138. The number of hydrogen-bond donors (Lipinski definition) is 11. The van der Waals surface area contributed by atoms with Gasteiger partial charge in [0.15, 0.2) is 0 Å². The number of ketones is 1. The summed E-state index contributed by atoms with van der Waals surface area (Å²) in [6.45, 7) is 21.9. The Morgan fingerprint density at radius 3 is 1.31 bits per heavy atom. The van der Waals surface area contributed by atoms with Gasteiger partial charge < -0.3 is 79.9 Å². The number of Topliss-reactive ketones (excluding diaryl/α,β-unsaturated/α-hetero) is 1. The fraction of sp³-hybridized carbons (Fsp3) is 0.386. The van der Waals surface area contributed by atoms with Crippen LogP contribution < -0.4 is 50.6 Å². The van der Waals surface area contributed by atoms with E-state index < -0.39 is 23.9 Å². The molecule has 12 N–H and O–H groups in total. The molecule has 0 bridgehead atoms. The smallest absolute Gasteiger partial charge is 0.307 e. The van der Waals surface area contributed by atoms with E-state index in [1.807, 2.05) is 33.8 Å². The SMILES string of the molecule is CC(=O)CCC(=O)O.CCCNCC.CCCNCC.COc1cc2c(CC(=O)O)c(C)[nH]c2cc1Cl.COc1cc2c(CC(=O)O)c(C)[nH]c2cc1Cl.COc1ccc(N2N=C(C)CCC2=O)cc1Cl.COc1ccc(NN)cc1Cl.COc1ccc2[nH]c(C)c(CC(=O)O)c2c1Cl.Cl. The summed E-state index contributed by atoms with van der Waals surface area (Å²) >= 11 is 30.0. The number of methoxy groups -OCH3 is 5.